The van der Waals surface area contributed by atoms with Gasteiger partial charge in [0.2, 0.25) is 0 Å². The molecule has 4 heteroatoms. The minimum absolute atomic E-state index is 0.808. The van der Waals surface area contributed by atoms with E-state index < -0.39 is 0 Å². The van der Waals surface area contributed by atoms with Crippen molar-refractivity contribution in [1.82, 2.24) is 9.97 Å². The second-order valence-corrected chi connectivity index (χ2v) is 3.03. The first-order valence-corrected chi connectivity index (χ1v) is 4.05. The second-order valence-electron chi connectivity index (χ2n) is 2.17. The van der Waals surface area contributed by atoms with E-state index in [1.165, 1.54) is 6.39 Å². The quantitative estimate of drug-likeness (QED) is 0.651. The number of nitrogens with zero attached hydrogens (tertiary/aromatic N) is 2. The lowest BCUT2D eigenvalue weighted by Crippen LogP contribution is -1.74. The van der Waals surface area contributed by atoms with E-state index in [4.69, 9.17) is 4.42 Å². The maximum absolute atomic E-state index is 4.83. The molecule has 2 aromatic rings. The fraction of sp³-hybridized carbons (Fsp3) is 0.143. The van der Waals surface area contributed by atoms with Crippen LogP contribution in [0.15, 0.2) is 22.5 Å². The van der Waals surface area contributed by atoms with Gasteiger partial charge in [-0.1, -0.05) is 0 Å². The largest absolute Gasteiger partial charge is 0.451 e. The summed E-state index contributed by atoms with van der Waals surface area (Å²) >= 11 is 1.57. The van der Waals surface area contributed by atoms with Crippen LogP contribution in [0.3, 0.4) is 0 Å². The van der Waals surface area contributed by atoms with Gasteiger partial charge >= 0.3 is 0 Å². The van der Waals surface area contributed by atoms with Crippen LogP contribution in [0.5, 0.6) is 0 Å². The van der Waals surface area contributed by atoms with Crippen LogP contribution in [0.1, 0.15) is 5.69 Å². The number of rotatable bonds is 1. The average molecular weight is 166 g/mol. The molecule has 0 atom stereocenters. The van der Waals surface area contributed by atoms with Crippen LogP contribution >= 0.6 is 11.3 Å². The minimum atomic E-state index is 0.808. The molecule has 0 aliphatic rings. The number of oxazole rings is 1. The van der Waals surface area contributed by atoms with E-state index in [9.17, 15) is 0 Å². The Labute approximate surface area is 67.7 Å². The Morgan fingerprint density at radius 1 is 1.55 bits per heavy atom. The number of hydrogen-bond donors (Lipinski definition) is 0. The Bertz CT molecular complexity index is 339. The molecule has 0 aliphatic carbocycles. The Balaban J connectivity index is 2.45. The van der Waals surface area contributed by atoms with Crippen LogP contribution in [0.4, 0.5) is 0 Å². The van der Waals surface area contributed by atoms with E-state index in [1.807, 2.05) is 12.3 Å². The molecule has 0 aromatic carbocycles. The zero-order valence-corrected chi connectivity index (χ0v) is 6.76. The molecular weight excluding hydrogens is 160 g/mol. The highest BCUT2D eigenvalue weighted by Crippen LogP contribution is 2.20. The zero-order chi connectivity index (χ0) is 7.68. The van der Waals surface area contributed by atoms with Crippen molar-refractivity contribution >= 4 is 11.3 Å². The third-order valence-corrected chi connectivity index (χ3v) is 2.25. The van der Waals surface area contributed by atoms with E-state index in [-0.39, 0.29) is 0 Å². The summed E-state index contributed by atoms with van der Waals surface area (Å²) in [6, 6.07) is 0. The predicted octanol–water partition coefficient (Wildman–Crippen LogP) is 2.11. The van der Waals surface area contributed by atoms with Crippen LogP contribution in [-0.4, -0.2) is 9.97 Å². The third-order valence-electron chi connectivity index (χ3n) is 1.27. The van der Waals surface area contributed by atoms with Gasteiger partial charge in [-0.05, 0) is 6.92 Å². The van der Waals surface area contributed by atoms with E-state index >= 15 is 0 Å². The third kappa shape index (κ3) is 1.17. The molecule has 0 bridgehead atoms. The van der Waals surface area contributed by atoms with Gasteiger partial charge in [0.1, 0.15) is 17.0 Å². The highest BCUT2D eigenvalue weighted by molar-refractivity contribution is 7.13. The van der Waals surface area contributed by atoms with Crippen LogP contribution in [0.2, 0.25) is 0 Å². The van der Waals surface area contributed by atoms with E-state index in [0.29, 0.717) is 0 Å². The fourth-order valence-corrected chi connectivity index (χ4v) is 1.54. The first-order chi connectivity index (χ1) is 5.36. The monoisotopic (exact) mass is 166 g/mol. The van der Waals surface area contributed by atoms with Gasteiger partial charge in [-0.2, -0.15) is 0 Å². The molecule has 0 N–H and O–H groups in total. The lowest BCUT2D eigenvalue weighted by atomic mass is 10.5. The van der Waals surface area contributed by atoms with Crippen molar-refractivity contribution in [3.05, 3.63) is 23.7 Å². The van der Waals surface area contributed by atoms with Crippen LogP contribution in [0.25, 0.3) is 10.7 Å². The van der Waals surface area contributed by atoms with Crippen LogP contribution in [-0.2, 0) is 0 Å². The van der Waals surface area contributed by atoms with Crippen molar-refractivity contribution in [2.75, 3.05) is 0 Å². The van der Waals surface area contributed by atoms with Crippen molar-refractivity contribution in [3.63, 3.8) is 0 Å². The first-order valence-electron chi connectivity index (χ1n) is 3.17. The summed E-state index contributed by atoms with van der Waals surface area (Å²) in [4.78, 5) is 8.23. The van der Waals surface area contributed by atoms with Crippen molar-refractivity contribution < 1.29 is 4.42 Å². The maximum atomic E-state index is 4.83. The van der Waals surface area contributed by atoms with Gasteiger partial charge in [-0.25, -0.2) is 9.97 Å². The second kappa shape index (κ2) is 2.47. The Morgan fingerprint density at radius 3 is 3.00 bits per heavy atom. The summed E-state index contributed by atoms with van der Waals surface area (Å²) in [6.45, 7) is 1.96. The summed E-state index contributed by atoms with van der Waals surface area (Å²) < 4.78 is 4.83. The van der Waals surface area contributed by atoms with Crippen LogP contribution < -0.4 is 0 Å². The lowest BCUT2D eigenvalue weighted by Gasteiger charge is -1.82. The molecule has 0 aliphatic heterocycles. The molecule has 2 aromatic heterocycles. The van der Waals surface area contributed by atoms with Gasteiger partial charge in [0, 0.05) is 11.1 Å². The van der Waals surface area contributed by atoms with Crippen molar-refractivity contribution in [2.24, 2.45) is 0 Å². The predicted molar refractivity (Wildman–Crippen MR) is 42.3 cm³/mol. The average Bonchev–Trinajstić information content (AvgIpc) is 2.55. The van der Waals surface area contributed by atoms with Crippen LogP contribution in [0, 0.1) is 6.92 Å². The van der Waals surface area contributed by atoms with E-state index in [0.717, 1.165) is 16.4 Å². The molecule has 0 fully saturated rings. The molecule has 0 saturated heterocycles. The summed E-state index contributed by atoms with van der Waals surface area (Å²) in [5, 5.41) is 2.90. The summed E-state index contributed by atoms with van der Waals surface area (Å²) in [6.07, 6.45) is 3.00. The Morgan fingerprint density at radius 2 is 2.45 bits per heavy atom. The standard InChI is InChI=1S/C7H6N2OS/c1-5-3-11-7(9-5)6-2-10-4-8-6/h2-4H,1H3. The van der Waals surface area contributed by atoms with Crippen molar-refractivity contribution in [2.45, 2.75) is 6.92 Å². The number of hydrogen-bond acceptors (Lipinski definition) is 4. The Kier molecular flexibility index (Phi) is 1.47. The lowest BCUT2D eigenvalue weighted by molar-refractivity contribution is 0.558. The molecular formula is C7H6N2OS. The summed E-state index contributed by atoms with van der Waals surface area (Å²) in [5.74, 6) is 0. The molecule has 56 valence electrons. The van der Waals surface area contributed by atoms with Crippen molar-refractivity contribution in [3.8, 4) is 10.7 Å². The Hall–Kier alpha value is -1.16. The van der Waals surface area contributed by atoms with Gasteiger partial charge in [0.25, 0.3) is 0 Å². The summed E-state index contributed by atoms with van der Waals surface area (Å²) in [7, 11) is 0. The normalized spacial score (nSPS) is 10.3. The number of thiazole rings is 1. The topological polar surface area (TPSA) is 38.9 Å². The number of aromatic nitrogens is 2. The van der Waals surface area contributed by atoms with E-state index in [2.05, 4.69) is 9.97 Å². The smallest absolute Gasteiger partial charge is 0.181 e. The molecule has 3 nitrogen and oxygen atoms in total. The molecule has 0 unspecified atom stereocenters. The highest BCUT2D eigenvalue weighted by atomic mass is 32.1. The molecule has 0 amide bonds. The zero-order valence-electron chi connectivity index (χ0n) is 5.94. The SMILES string of the molecule is Cc1csc(-c2cocn2)n1. The molecule has 0 spiro atoms. The highest BCUT2D eigenvalue weighted by Gasteiger charge is 2.03. The van der Waals surface area contributed by atoms with Gasteiger partial charge in [-0.3, -0.25) is 0 Å². The minimum Gasteiger partial charge on any atom is -0.451 e. The van der Waals surface area contributed by atoms with Gasteiger partial charge in [-0.15, -0.1) is 11.3 Å². The van der Waals surface area contributed by atoms with Gasteiger partial charge in [0.15, 0.2) is 6.39 Å². The first kappa shape index (κ1) is 6.54. The summed E-state index contributed by atoms with van der Waals surface area (Å²) in [5.41, 5.74) is 1.83. The molecule has 2 heterocycles. The maximum Gasteiger partial charge on any atom is 0.181 e. The van der Waals surface area contributed by atoms with E-state index in [1.54, 1.807) is 17.6 Å². The molecule has 0 radical (unpaired) electrons. The van der Waals surface area contributed by atoms with Crippen molar-refractivity contribution in [1.29, 1.82) is 0 Å². The fourth-order valence-electron chi connectivity index (χ4n) is 0.790. The molecule has 0 saturated carbocycles. The molecule has 2 rings (SSSR count). The molecule has 11 heavy (non-hydrogen) atoms. The van der Waals surface area contributed by atoms with Gasteiger partial charge < -0.3 is 4.42 Å². The number of aryl methyl sites for hydroxylation is 1. The van der Waals surface area contributed by atoms with Gasteiger partial charge in [0.05, 0.1) is 0 Å².